The Hall–Kier alpha value is -0.690. The fourth-order valence-electron chi connectivity index (χ4n) is 1.64. The average Bonchev–Trinajstić information content (AvgIpc) is 2.16. The van der Waals surface area contributed by atoms with E-state index in [4.69, 9.17) is 20.4 Å². The Labute approximate surface area is 89.0 Å². The molecular formula is C9H20NO5+. The van der Waals surface area contributed by atoms with Gasteiger partial charge in [0.15, 0.2) is 0 Å². The Kier molecular flexibility index (Phi) is 7.23. The first-order valence-electron chi connectivity index (χ1n) is 4.99. The van der Waals surface area contributed by atoms with Crippen LogP contribution in [0.2, 0.25) is 0 Å². The SMILES string of the molecule is O=C(O)CC[N+](CCO)(CCO)CCO. The highest BCUT2D eigenvalue weighted by Crippen LogP contribution is 2.07. The van der Waals surface area contributed by atoms with E-state index in [0.29, 0.717) is 26.2 Å². The summed E-state index contributed by atoms with van der Waals surface area (Å²) in [5, 5.41) is 35.3. The van der Waals surface area contributed by atoms with Crippen molar-refractivity contribution in [3.8, 4) is 0 Å². The van der Waals surface area contributed by atoms with Crippen LogP contribution in [0, 0.1) is 0 Å². The summed E-state index contributed by atoms with van der Waals surface area (Å²) in [7, 11) is 0. The van der Waals surface area contributed by atoms with Crippen molar-refractivity contribution in [3.05, 3.63) is 0 Å². The van der Waals surface area contributed by atoms with Crippen molar-refractivity contribution in [2.75, 3.05) is 46.0 Å². The van der Waals surface area contributed by atoms with Crippen LogP contribution < -0.4 is 0 Å². The lowest BCUT2D eigenvalue weighted by Crippen LogP contribution is -2.54. The van der Waals surface area contributed by atoms with E-state index < -0.39 is 5.97 Å². The first-order valence-corrected chi connectivity index (χ1v) is 4.99. The summed E-state index contributed by atoms with van der Waals surface area (Å²) in [5.74, 6) is -0.911. The van der Waals surface area contributed by atoms with Crippen molar-refractivity contribution >= 4 is 5.97 Å². The molecular weight excluding hydrogens is 202 g/mol. The topological polar surface area (TPSA) is 98.0 Å². The fraction of sp³-hybridized carbons (Fsp3) is 0.889. The lowest BCUT2D eigenvalue weighted by molar-refractivity contribution is -0.928. The van der Waals surface area contributed by atoms with Crippen molar-refractivity contribution in [2.24, 2.45) is 0 Å². The molecule has 0 spiro atoms. The van der Waals surface area contributed by atoms with E-state index in [2.05, 4.69) is 0 Å². The van der Waals surface area contributed by atoms with Gasteiger partial charge in [-0.15, -0.1) is 0 Å². The van der Waals surface area contributed by atoms with E-state index in [1.165, 1.54) is 0 Å². The Morgan fingerprint density at radius 2 is 1.27 bits per heavy atom. The van der Waals surface area contributed by atoms with Gasteiger partial charge in [0.05, 0.1) is 32.8 Å². The summed E-state index contributed by atoms with van der Waals surface area (Å²) in [6.45, 7) is 1.13. The zero-order valence-electron chi connectivity index (χ0n) is 8.80. The molecule has 0 saturated carbocycles. The molecule has 0 radical (unpaired) electrons. The Bertz CT molecular complexity index is 168. The third-order valence-electron chi connectivity index (χ3n) is 2.52. The predicted molar refractivity (Wildman–Crippen MR) is 53.2 cm³/mol. The number of aliphatic carboxylic acids is 1. The van der Waals surface area contributed by atoms with E-state index in [9.17, 15) is 4.79 Å². The lowest BCUT2D eigenvalue weighted by atomic mass is 10.2. The van der Waals surface area contributed by atoms with Gasteiger partial charge in [-0.25, -0.2) is 0 Å². The van der Waals surface area contributed by atoms with E-state index >= 15 is 0 Å². The maximum Gasteiger partial charge on any atom is 0.309 e. The summed E-state index contributed by atoms with van der Waals surface area (Å²) in [6.07, 6.45) is -0.0278. The number of nitrogens with zero attached hydrogens (tertiary/aromatic N) is 1. The molecule has 0 atom stereocenters. The van der Waals surface area contributed by atoms with Gasteiger partial charge in [0.1, 0.15) is 19.6 Å². The van der Waals surface area contributed by atoms with Gasteiger partial charge in [-0.3, -0.25) is 4.79 Å². The number of quaternary nitrogens is 1. The quantitative estimate of drug-likeness (QED) is 0.347. The predicted octanol–water partition coefficient (Wildman–Crippen LogP) is -1.75. The molecule has 0 aliphatic carbocycles. The van der Waals surface area contributed by atoms with Crippen LogP contribution in [-0.4, -0.2) is 76.9 Å². The Morgan fingerprint density at radius 3 is 1.53 bits per heavy atom. The highest BCUT2D eigenvalue weighted by Gasteiger charge is 2.26. The molecule has 0 amide bonds. The molecule has 0 rings (SSSR count). The minimum Gasteiger partial charge on any atom is -0.481 e. The van der Waals surface area contributed by atoms with E-state index in [0.717, 1.165) is 0 Å². The molecule has 0 saturated heterocycles. The van der Waals surface area contributed by atoms with Crippen LogP contribution in [0.3, 0.4) is 0 Å². The normalized spacial score (nSPS) is 11.7. The number of carboxylic acid groups (broad SMARTS) is 1. The molecule has 4 N–H and O–H groups in total. The van der Waals surface area contributed by atoms with Crippen LogP contribution in [0.15, 0.2) is 0 Å². The zero-order valence-corrected chi connectivity index (χ0v) is 8.80. The molecule has 0 bridgehead atoms. The van der Waals surface area contributed by atoms with E-state index in [1.807, 2.05) is 0 Å². The number of hydrogen-bond acceptors (Lipinski definition) is 4. The average molecular weight is 222 g/mol. The number of carbonyl (C=O) groups is 1. The van der Waals surface area contributed by atoms with Gasteiger partial charge in [0.25, 0.3) is 0 Å². The second-order valence-electron chi connectivity index (χ2n) is 3.55. The second kappa shape index (κ2) is 7.58. The zero-order chi connectivity index (χ0) is 11.7. The molecule has 90 valence electrons. The highest BCUT2D eigenvalue weighted by molar-refractivity contribution is 5.66. The summed E-state index contributed by atoms with van der Waals surface area (Å²) in [4.78, 5) is 10.5. The van der Waals surface area contributed by atoms with Crippen molar-refractivity contribution in [1.82, 2.24) is 0 Å². The molecule has 0 heterocycles. The smallest absolute Gasteiger partial charge is 0.309 e. The molecule has 0 aliphatic rings. The minimum absolute atomic E-state index is 0.0278. The van der Waals surface area contributed by atoms with Gasteiger partial charge in [0.2, 0.25) is 0 Å². The Balaban J connectivity index is 4.37. The highest BCUT2D eigenvalue weighted by atomic mass is 16.4. The standard InChI is InChI=1S/C9H19NO5/c11-6-3-10(4-7-12,5-8-13)2-1-9(14)15/h11-13H,1-8H2/p+1. The third kappa shape index (κ3) is 5.68. The summed E-state index contributed by atoms with van der Waals surface area (Å²) in [6, 6.07) is 0. The fourth-order valence-corrected chi connectivity index (χ4v) is 1.64. The third-order valence-corrected chi connectivity index (χ3v) is 2.52. The van der Waals surface area contributed by atoms with Gasteiger partial charge in [-0.2, -0.15) is 0 Å². The van der Waals surface area contributed by atoms with Crippen molar-refractivity contribution in [1.29, 1.82) is 0 Å². The van der Waals surface area contributed by atoms with Crippen molar-refractivity contribution in [3.63, 3.8) is 0 Å². The van der Waals surface area contributed by atoms with Gasteiger partial charge in [-0.1, -0.05) is 0 Å². The number of aliphatic hydroxyl groups is 3. The van der Waals surface area contributed by atoms with Crippen molar-refractivity contribution in [2.45, 2.75) is 6.42 Å². The number of hydrogen-bond donors (Lipinski definition) is 4. The van der Waals surface area contributed by atoms with Crippen LogP contribution in [-0.2, 0) is 4.79 Å². The van der Waals surface area contributed by atoms with Gasteiger partial charge < -0.3 is 24.9 Å². The number of carboxylic acids is 1. The molecule has 0 aromatic rings. The molecule has 0 aromatic carbocycles. The van der Waals surface area contributed by atoms with Gasteiger partial charge in [-0.05, 0) is 0 Å². The molecule has 0 fully saturated rings. The van der Waals surface area contributed by atoms with E-state index in [1.54, 1.807) is 0 Å². The monoisotopic (exact) mass is 222 g/mol. The molecule has 15 heavy (non-hydrogen) atoms. The molecule has 0 unspecified atom stereocenters. The van der Waals surface area contributed by atoms with Crippen LogP contribution in [0.5, 0.6) is 0 Å². The largest absolute Gasteiger partial charge is 0.481 e. The van der Waals surface area contributed by atoms with E-state index in [-0.39, 0.29) is 30.7 Å². The minimum atomic E-state index is -0.911. The molecule has 0 aliphatic heterocycles. The van der Waals surface area contributed by atoms with Crippen LogP contribution in [0.4, 0.5) is 0 Å². The van der Waals surface area contributed by atoms with Crippen LogP contribution in [0.1, 0.15) is 6.42 Å². The van der Waals surface area contributed by atoms with Crippen molar-refractivity contribution < 1.29 is 29.7 Å². The maximum absolute atomic E-state index is 10.5. The van der Waals surface area contributed by atoms with Gasteiger partial charge in [0, 0.05) is 0 Å². The molecule has 0 aromatic heterocycles. The lowest BCUT2D eigenvalue weighted by Gasteiger charge is -2.37. The van der Waals surface area contributed by atoms with Gasteiger partial charge >= 0.3 is 5.97 Å². The number of aliphatic hydroxyl groups excluding tert-OH is 3. The Morgan fingerprint density at radius 1 is 0.867 bits per heavy atom. The molecule has 6 nitrogen and oxygen atoms in total. The second-order valence-corrected chi connectivity index (χ2v) is 3.55. The first-order chi connectivity index (χ1) is 7.10. The summed E-state index contributed by atoms with van der Waals surface area (Å²) < 4.78 is 0.246. The van der Waals surface area contributed by atoms with Crippen LogP contribution >= 0.6 is 0 Å². The summed E-state index contributed by atoms with van der Waals surface area (Å²) in [5.41, 5.74) is 0. The summed E-state index contributed by atoms with van der Waals surface area (Å²) >= 11 is 0. The van der Waals surface area contributed by atoms with Crippen LogP contribution in [0.25, 0.3) is 0 Å². The maximum atomic E-state index is 10.5. The first kappa shape index (κ1) is 14.3. The molecule has 6 heteroatoms. The number of rotatable bonds is 9.